The molecule has 0 aromatic heterocycles. The lowest BCUT2D eigenvalue weighted by atomic mass is 10.3. The maximum atomic E-state index is 11.2. The molecule has 0 spiro atoms. The first kappa shape index (κ1) is 13.3. The number of anilines is 1. The van der Waals surface area contributed by atoms with Gasteiger partial charge in [-0.1, -0.05) is 17.7 Å². The molecule has 0 bridgehead atoms. The molecule has 18 heavy (non-hydrogen) atoms. The van der Waals surface area contributed by atoms with Gasteiger partial charge in [0.05, 0.1) is 11.8 Å². The van der Waals surface area contributed by atoms with Crippen LogP contribution in [-0.4, -0.2) is 25.3 Å². The molecule has 4 nitrogen and oxygen atoms in total. The SMILES string of the molecule is O=S1(=O)C=CC(NC(=S)Nc2cccc(Cl)c2)C1. The van der Waals surface area contributed by atoms with Crippen molar-refractivity contribution in [2.24, 2.45) is 0 Å². The summed E-state index contributed by atoms with van der Waals surface area (Å²) in [7, 11) is -3.07. The zero-order valence-corrected chi connectivity index (χ0v) is 11.6. The smallest absolute Gasteiger partial charge is 0.173 e. The molecule has 0 fully saturated rings. The summed E-state index contributed by atoms with van der Waals surface area (Å²) in [4.78, 5) is 0. The van der Waals surface area contributed by atoms with E-state index in [1.165, 1.54) is 5.41 Å². The standard InChI is InChI=1S/C11H11ClN2O2S2/c12-8-2-1-3-9(6-8)13-11(17)14-10-4-5-18(15,16)7-10/h1-6,10H,7H2,(H2,13,14,17). The van der Waals surface area contributed by atoms with Crippen molar-refractivity contribution in [3.63, 3.8) is 0 Å². The summed E-state index contributed by atoms with van der Waals surface area (Å²) >= 11 is 10.9. The molecule has 1 unspecified atom stereocenters. The van der Waals surface area contributed by atoms with Gasteiger partial charge in [-0.2, -0.15) is 0 Å². The highest BCUT2D eigenvalue weighted by Gasteiger charge is 2.21. The van der Waals surface area contributed by atoms with Gasteiger partial charge in [-0.15, -0.1) is 0 Å². The highest BCUT2D eigenvalue weighted by Crippen LogP contribution is 2.15. The summed E-state index contributed by atoms with van der Waals surface area (Å²) in [5, 5.41) is 8.03. The summed E-state index contributed by atoms with van der Waals surface area (Å²) in [6.07, 6.45) is 1.58. The first-order valence-electron chi connectivity index (χ1n) is 5.19. The molecule has 0 aliphatic carbocycles. The van der Waals surface area contributed by atoms with E-state index in [0.29, 0.717) is 10.1 Å². The molecule has 1 heterocycles. The highest BCUT2D eigenvalue weighted by atomic mass is 35.5. The molecule has 1 aromatic carbocycles. The van der Waals surface area contributed by atoms with Crippen molar-refractivity contribution in [3.05, 3.63) is 40.8 Å². The zero-order valence-electron chi connectivity index (χ0n) is 9.26. The third kappa shape index (κ3) is 3.69. The average molecular weight is 303 g/mol. The Morgan fingerprint density at radius 3 is 2.83 bits per heavy atom. The number of rotatable bonds is 2. The van der Waals surface area contributed by atoms with E-state index in [1.807, 2.05) is 6.07 Å². The number of halogens is 1. The van der Waals surface area contributed by atoms with E-state index in [-0.39, 0.29) is 11.8 Å². The molecule has 1 aliphatic rings. The fraction of sp³-hybridized carbons (Fsp3) is 0.182. The van der Waals surface area contributed by atoms with Crippen molar-refractivity contribution in [3.8, 4) is 0 Å². The molecule has 0 saturated carbocycles. The van der Waals surface area contributed by atoms with Gasteiger partial charge in [-0.05, 0) is 36.5 Å². The number of sulfone groups is 1. The summed E-state index contributed by atoms with van der Waals surface area (Å²) in [6, 6.07) is 6.83. The summed E-state index contributed by atoms with van der Waals surface area (Å²) in [5.74, 6) is 0.0321. The fourth-order valence-corrected chi connectivity index (χ4v) is 3.26. The van der Waals surface area contributed by atoms with E-state index >= 15 is 0 Å². The lowest BCUT2D eigenvalue weighted by Crippen LogP contribution is -2.38. The second kappa shape index (κ2) is 5.26. The predicted molar refractivity (Wildman–Crippen MR) is 77.5 cm³/mol. The van der Waals surface area contributed by atoms with Gasteiger partial charge in [-0.3, -0.25) is 0 Å². The summed E-state index contributed by atoms with van der Waals surface area (Å²) in [6.45, 7) is 0. The molecule has 0 saturated heterocycles. The quantitative estimate of drug-likeness (QED) is 0.818. The van der Waals surface area contributed by atoms with E-state index in [0.717, 1.165) is 5.69 Å². The summed E-state index contributed by atoms with van der Waals surface area (Å²) < 4.78 is 22.4. The lowest BCUT2D eigenvalue weighted by Gasteiger charge is -2.14. The van der Waals surface area contributed by atoms with Crippen LogP contribution in [0, 0.1) is 0 Å². The molecule has 0 radical (unpaired) electrons. The van der Waals surface area contributed by atoms with E-state index in [1.54, 1.807) is 24.3 Å². The largest absolute Gasteiger partial charge is 0.355 e. The second-order valence-corrected chi connectivity index (χ2v) is 6.65. The number of benzene rings is 1. The third-order valence-corrected chi connectivity index (χ3v) is 4.18. The Bertz CT molecular complexity index is 599. The van der Waals surface area contributed by atoms with Crippen molar-refractivity contribution < 1.29 is 8.42 Å². The van der Waals surface area contributed by atoms with E-state index in [2.05, 4.69) is 10.6 Å². The van der Waals surface area contributed by atoms with Gasteiger partial charge in [0.2, 0.25) is 0 Å². The number of nitrogens with one attached hydrogen (secondary N) is 2. The van der Waals surface area contributed by atoms with Gasteiger partial charge in [0.1, 0.15) is 0 Å². The molecule has 7 heteroatoms. The van der Waals surface area contributed by atoms with Gasteiger partial charge >= 0.3 is 0 Å². The van der Waals surface area contributed by atoms with Crippen LogP contribution in [0.4, 0.5) is 5.69 Å². The maximum absolute atomic E-state index is 11.2. The van der Waals surface area contributed by atoms with Crippen molar-refractivity contribution in [1.29, 1.82) is 0 Å². The van der Waals surface area contributed by atoms with Crippen LogP contribution in [0.3, 0.4) is 0 Å². The Morgan fingerprint density at radius 2 is 2.22 bits per heavy atom. The van der Waals surface area contributed by atoms with E-state index in [9.17, 15) is 8.42 Å². The Morgan fingerprint density at radius 1 is 1.44 bits per heavy atom. The van der Waals surface area contributed by atoms with Crippen LogP contribution in [-0.2, 0) is 9.84 Å². The van der Waals surface area contributed by atoms with Gasteiger partial charge in [0.25, 0.3) is 0 Å². The first-order valence-corrected chi connectivity index (χ1v) is 7.69. The number of thiocarbonyl (C=S) groups is 1. The zero-order chi connectivity index (χ0) is 13.2. The topological polar surface area (TPSA) is 58.2 Å². The van der Waals surface area contributed by atoms with Crippen LogP contribution < -0.4 is 10.6 Å². The Balaban J connectivity index is 1.92. The molecular weight excluding hydrogens is 292 g/mol. The van der Waals surface area contributed by atoms with Crippen LogP contribution in [0.25, 0.3) is 0 Å². The van der Waals surface area contributed by atoms with Crippen LogP contribution >= 0.6 is 23.8 Å². The Labute approximate surface area is 116 Å². The van der Waals surface area contributed by atoms with Gasteiger partial charge < -0.3 is 10.6 Å². The normalized spacial score (nSPS) is 20.6. The van der Waals surface area contributed by atoms with Gasteiger partial charge in [0.15, 0.2) is 14.9 Å². The van der Waals surface area contributed by atoms with Crippen LogP contribution in [0.1, 0.15) is 0 Å². The van der Waals surface area contributed by atoms with Crippen LogP contribution in [0.15, 0.2) is 35.7 Å². The molecule has 1 aliphatic heterocycles. The fourth-order valence-electron chi connectivity index (χ4n) is 1.57. The molecule has 96 valence electrons. The van der Waals surface area contributed by atoms with E-state index in [4.69, 9.17) is 23.8 Å². The van der Waals surface area contributed by atoms with Crippen molar-refractivity contribution in [2.75, 3.05) is 11.1 Å². The first-order chi connectivity index (χ1) is 8.44. The maximum Gasteiger partial charge on any atom is 0.173 e. The minimum atomic E-state index is -3.07. The monoisotopic (exact) mass is 302 g/mol. The summed E-state index contributed by atoms with van der Waals surface area (Å²) in [5.41, 5.74) is 0.754. The third-order valence-electron chi connectivity index (χ3n) is 2.33. The second-order valence-electron chi connectivity index (χ2n) is 3.87. The molecule has 0 amide bonds. The molecule has 1 aromatic rings. The average Bonchev–Trinajstić information content (AvgIpc) is 2.57. The Kier molecular flexibility index (Phi) is 3.89. The van der Waals surface area contributed by atoms with Gasteiger partial charge in [-0.25, -0.2) is 8.42 Å². The molecule has 1 atom stereocenters. The van der Waals surface area contributed by atoms with Crippen molar-refractivity contribution in [2.45, 2.75) is 6.04 Å². The van der Waals surface area contributed by atoms with Crippen LogP contribution in [0.2, 0.25) is 5.02 Å². The van der Waals surface area contributed by atoms with E-state index < -0.39 is 9.84 Å². The molecule has 2 N–H and O–H groups in total. The molecule has 2 rings (SSSR count). The lowest BCUT2D eigenvalue weighted by molar-refractivity contribution is 0.603. The predicted octanol–water partition coefficient (Wildman–Crippen LogP) is 1.94. The van der Waals surface area contributed by atoms with Gasteiger partial charge in [0, 0.05) is 16.1 Å². The number of hydrogen-bond acceptors (Lipinski definition) is 3. The van der Waals surface area contributed by atoms with Crippen LogP contribution in [0.5, 0.6) is 0 Å². The van der Waals surface area contributed by atoms with Crippen molar-refractivity contribution >= 4 is 44.5 Å². The Hall–Kier alpha value is -1.11. The minimum absolute atomic E-state index is 0.0321. The molecular formula is C11H11ClN2O2S2. The minimum Gasteiger partial charge on any atom is -0.355 e. The number of hydrogen-bond donors (Lipinski definition) is 2. The van der Waals surface area contributed by atoms with Crippen molar-refractivity contribution in [1.82, 2.24) is 5.32 Å². The highest BCUT2D eigenvalue weighted by molar-refractivity contribution is 7.94.